The Hall–Kier alpha value is -3.10. The highest BCUT2D eigenvalue weighted by molar-refractivity contribution is 5.98. The van der Waals surface area contributed by atoms with Crippen molar-refractivity contribution in [1.82, 2.24) is 4.98 Å². The Kier molecular flexibility index (Phi) is 5.36. The van der Waals surface area contributed by atoms with Crippen molar-refractivity contribution in [1.29, 1.82) is 0 Å². The number of nitrogens with zero attached hydrogens (tertiary/aromatic N) is 2. The summed E-state index contributed by atoms with van der Waals surface area (Å²) in [6.45, 7) is 0.724. The number of carbonyl (C=O) groups excluding carboxylic acids is 1. The van der Waals surface area contributed by atoms with Crippen LogP contribution >= 0.6 is 0 Å². The zero-order chi connectivity index (χ0) is 22.3. The maximum atomic E-state index is 14.0. The molecule has 0 bridgehead atoms. The van der Waals surface area contributed by atoms with E-state index in [0.717, 1.165) is 12.1 Å². The Bertz CT molecular complexity index is 1130. The lowest BCUT2D eigenvalue weighted by molar-refractivity contribution is -0.137. The molecular formula is C22H16F6N2O. The van der Waals surface area contributed by atoms with Crippen LogP contribution in [0.25, 0.3) is 10.9 Å². The molecule has 162 valence electrons. The average Bonchev–Trinajstić information content (AvgIpc) is 2.71. The number of halogens is 6. The molecule has 0 radical (unpaired) electrons. The van der Waals surface area contributed by atoms with Crippen molar-refractivity contribution in [3.8, 4) is 0 Å². The van der Waals surface area contributed by atoms with E-state index in [2.05, 4.69) is 4.98 Å². The molecule has 0 amide bonds. The molecule has 1 fully saturated rings. The molecular weight excluding hydrogens is 422 g/mol. The van der Waals surface area contributed by atoms with Gasteiger partial charge >= 0.3 is 6.18 Å². The van der Waals surface area contributed by atoms with Gasteiger partial charge in [0.25, 0.3) is 0 Å². The normalized spacial score (nSPS) is 15.5. The van der Waals surface area contributed by atoms with Gasteiger partial charge in [0.1, 0.15) is 17.5 Å². The van der Waals surface area contributed by atoms with Gasteiger partial charge < -0.3 is 4.90 Å². The number of Topliss-reactive ketones (excluding diaryl/α,β-unsaturated/α-hetero) is 1. The monoisotopic (exact) mass is 438 g/mol. The molecule has 3 nitrogen and oxygen atoms in total. The average molecular weight is 438 g/mol. The van der Waals surface area contributed by atoms with Crippen LogP contribution in [0.1, 0.15) is 28.8 Å². The molecule has 3 aromatic rings. The van der Waals surface area contributed by atoms with Gasteiger partial charge in [-0.25, -0.2) is 13.2 Å². The SMILES string of the molecule is O=C(c1c(F)cc(F)cc1F)C1CCN(c2ccnc3cc(C(F)(F)F)ccc23)CC1. The Morgan fingerprint density at radius 1 is 0.968 bits per heavy atom. The number of ketones is 1. The fourth-order valence-corrected chi connectivity index (χ4v) is 3.95. The molecule has 1 aromatic heterocycles. The quantitative estimate of drug-likeness (QED) is 0.385. The van der Waals surface area contributed by atoms with Gasteiger partial charge in [-0.05, 0) is 31.0 Å². The van der Waals surface area contributed by atoms with Crippen LogP contribution in [0.5, 0.6) is 0 Å². The van der Waals surface area contributed by atoms with Gasteiger partial charge in [-0.15, -0.1) is 0 Å². The van der Waals surface area contributed by atoms with E-state index in [4.69, 9.17) is 0 Å². The lowest BCUT2D eigenvalue weighted by Gasteiger charge is -2.33. The summed E-state index contributed by atoms with van der Waals surface area (Å²) in [6, 6.07) is 5.96. The molecule has 2 heterocycles. The van der Waals surface area contributed by atoms with Crippen molar-refractivity contribution < 1.29 is 31.1 Å². The molecule has 0 atom stereocenters. The van der Waals surface area contributed by atoms with Crippen molar-refractivity contribution in [2.75, 3.05) is 18.0 Å². The highest BCUT2D eigenvalue weighted by atomic mass is 19.4. The lowest BCUT2D eigenvalue weighted by atomic mass is 9.88. The van der Waals surface area contributed by atoms with E-state index in [1.165, 1.54) is 12.3 Å². The Labute approximate surface area is 173 Å². The number of anilines is 1. The second-order valence-electron chi connectivity index (χ2n) is 7.43. The summed E-state index contributed by atoms with van der Waals surface area (Å²) in [7, 11) is 0. The summed E-state index contributed by atoms with van der Waals surface area (Å²) in [5.74, 6) is -4.92. The fraction of sp³-hybridized carbons (Fsp3) is 0.273. The second-order valence-corrected chi connectivity index (χ2v) is 7.43. The minimum Gasteiger partial charge on any atom is -0.371 e. The van der Waals surface area contributed by atoms with Crippen molar-refractivity contribution in [2.24, 2.45) is 5.92 Å². The minimum atomic E-state index is -4.48. The number of hydrogen-bond donors (Lipinski definition) is 0. The second kappa shape index (κ2) is 7.86. The zero-order valence-electron chi connectivity index (χ0n) is 16.0. The fourth-order valence-electron chi connectivity index (χ4n) is 3.95. The molecule has 0 N–H and O–H groups in total. The third kappa shape index (κ3) is 4.08. The van der Waals surface area contributed by atoms with Gasteiger partial charge in [-0.3, -0.25) is 9.78 Å². The van der Waals surface area contributed by atoms with Crippen molar-refractivity contribution in [3.63, 3.8) is 0 Å². The number of fused-ring (bicyclic) bond motifs is 1. The minimum absolute atomic E-state index is 0.195. The summed E-state index contributed by atoms with van der Waals surface area (Å²) < 4.78 is 79.9. The Balaban J connectivity index is 1.54. The van der Waals surface area contributed by atoms with E-state index >= 15 is 0 Å². The summed E-state index contributed by atoms with van der Waals surface area (Å²) in [5, 5.41) is 0.538. The number of carbonyl (C=O) groups is 1. The molecule has 0 saturated carbocycles. The van der Waals surface area contributed by atoms with Crippen molar-refractivity contribution >= 4 is 22.4 Å². The molecule has 2 aromatic carbocycles. The van der Waals surface area contributed by atoms with E-state index in [0.29, 0.717) is 49.1 Å². The van der Waals surface area contributed by atoms with E-state index in [-0.39, 0.29) is 5.52 Å². The summed E-state index contributed by atoms with van der Waals surface area (Å²) in [6.07, 6.45) is -2.48. The standard InChI is InChI=1S/C22H16F6N2O/c23-14-10-16(24)20(17(25)11-14)21(31)12-4-7-30(8-5-12)19-3-6-29-18-9-13(22(26,27)28)1-2-15(18)19/h1-3,6,9-12H,4-5,7-8H2. The molecule has 9 heteroatoms. The third-order valence-corrected chi connectivity index (χ3v) is 5.51. The smallest absolute Gasteiger partial charge is 0.371 e. The molecule has 1 aliphatic heterocycles. The maximum Gasteiger partial charge on any atom is 0.416 e. The van der Waals surface area contributed by atoms with Crippen LogP contribution in [0.2, 0.25) is 0 Å². The summed E-state index contributed by atoms with van der Waals surface area (Å²) in [5.41, 5.74) is -0.670. The lowest BCUT2D eigenvalue weighted by Crippen LogP contribution is -2.37. The number of alkyl halides is 3. The van der Waals surface area contributed by atoms with Gasteiger partial charge in [0.2, 0.25) is 0 Å². The molecule has 1 aliphatic rings. The topological polar surface area (TPSA) is 33.2 Å². The molecule has 31 heavy (non-hydrogen) atoms. The number of hydrogen-bond acceptors (Lipinski definition) is 3. The van der Waals surface area contributed by atoms with E-state index in [9.17, 15) is 31.1 Å². The molecule has 0 aliphatic carbocycles. The van der Waals surface area contributed by atoms with Crippen LogP contribution in [0.3, 0.4) is 0 Å². The van der Waals surface area contributed by atoms with Gasteiger partial charge in [0.05, 0.1) is 16.6 Å². The molecule has 4 rings (SSSR count). The van der Waals surface area contributed by atoms with E-state index in [1.54, 1.807) is 6.07 Å². The predicted molar refractivity (Wildman–Crippen MR) is 102 cm³/mol. The first-order valence-electron chi connectivity index (χ1n) is 9.55. The number of aromatic nitrogens is 1. The first kappa shape index (κ1) is 21.1. The zero-order valence-corrected chi connectivity index (χ0v) is 16.0. The molecule has 1 saturated heterocycles. The summed E-state index contributed by atoms with van der Waals surface area (Å²) >= 11 is 0. The van der Waals surface area contributed by atoms with Crippen LogP contribution in [-0.4, -0.2) is 23.9 Å². The van der Waals surface area contributed by atoms with Crippen LogP contribution in [-0.2, 0) is 6.18 Å². The molecule has 0 unspecified atom stereocenters. The molecule has 0 spiro atoms. The van der Waals surface area contributed by atoms with Crippen LogP contribution in [0, 0.1) is 23.4 Å². The number of benzene rings is 2. The van der Waals surface area contributed by atoms with Crippen molar-refractivity contribution in [3.05, 3.63) is 71.2 Å². The van der Waals surface area contributed by atoms with Gasteiger partial charge in [-0.1, -0.05) is 6.07 Å². The van der Waals surface area contributed by atoms with Crippen LogP contribution < -0.4 is 4.90 Å². The number of pyridine rings is 1. The maximum absolute atomic E-state index is 14.0. The van der Waals surface area contributed by atoms with Gasteiger partial charge in [0.15, 0.2) is 5.78 Å². The number of piperidine rings is 1. The first-order valence-corrected chi connectivity index (χ1v) is 9.55. The third-order valence-electron chi connectivity index (χ3n) is 5.51. The van der Waals surface area contributed by atoms with E-state index in [1.807, 2.05) is 4.90 Å². The van der Waals surface area contributed by atoms with E-state index < -0.39 is 46.5 Å². The van der Waals surface area contributed by atoms with Gasteiger partial charge in [0, 0.05) is 48.4 Å². The largest absolute Gasteiger partial charge is 0.416 e. The Morgan fingerprint density at radius 3 is 2.23 bits per heavy atom. The van der Waals surface area contributed by atoms with Gasteiger partial charge in [-0.2, -0.15) is 13.2 Å². The van der Waals surface area contributed by atoms with Crippen LogP contribution in [0.4, 0.5) is 32.0 Å². The highest BCUT2D eigenvalue weighted by Gasteiger charge is 2.32. The number of rotatable bonds is 3. The van der Waals surface area contributed by atoms with Crippen molar-refractivity contribution in [2.45, 2.75) is 19.0 Å². The first-order chi connectivity index (χ1) is 14.6. The predicted octanol–water partition coefficient (Wildman–Crippen LogP) is 5.77. The highest BCUT2D eigenvalue weighted by Crippen LogP contribution is 2.35. The Morgan fingerprint density at radius 2 is 1.61 bits per heavy atom. The summed E-state index contributed by atoms with van der Waals surface area (Å²) in [4.78, 5) is 18.5. The van der Waals surface area contributed by atoms with Crippen LogP contribution in [0.15, 0.2) is 42.6 Å².